The molecule has 1 fully saturated rings. The minimum absolute atomic E-state index is 0.0312. The first kappa shape index (κ1) is 18.5. The fraction of sp³-hybridized carbons (Fsp3) is 0.300. The molecule has 1 aliphatic heterocycles. The summed E-state index contributed by atoms with van der Waals surface area (Å²) < 4.78 is 13.4. The molecule has 4 nitrogen and oxygen atoms in total. The summed E-state index contributed by atoms with van der Waals surface area (Å²) >= 11 is 5.81. The molecule has 1 N–H and O–H groups in total. The average molecular weight is 376 g/mol. The Labute approximate surface area is 156 Å². The second-order valence-electron chi connectivity index (χ2n) is 6.62. The molecule has 26 heavy (non-hydrogen) atoms. The lowest BCUT2D eigenvalue weighted by molar-refractivity contribution is -0.147. The van der Waals surface area contributed by atoms with Gasteiger partial charge in [-0.25, -0.2) is 4.39 Å². The number of halogens is 2. The van der Waals surface area contributed by atoms with Crippen molar-refractivity contribution in [3.63, 3.8) is 0 Å². The number of rotatable bonds is 5. The highest BCUT2D eigenvalue weighted by Crippen LogP contribution is 2.34. The summed E-state index contributed by atoms with van der Waals surface area (Å²) in [5.41, 5.74) is -0.858. The molecule has 1 heterocycles. The third kappa shape index (κ3) is 3.50. The Morgan fingerprint density at radius 3 is 2.65 bits per heavy atom. The zero-order valence-corrected chi connectivity index (χ0v) is 15.0. The van der Waals surface area contributed by atoms with Crippen molar-refractivity contribution in [1.29, 1.82) is 0 Å². The molecule has 136 valence electrons. The van der Waals surface area contributed by atoms with E-state index in [1.165, 1.54) is 17.0 Å². The van der Waals surface area contributed by atoms with Crippen LogP contribution in [0.15, 0.2) is 48.5 Å². The summed E-state index contributed by atoms with van der Waals surface area (Å²) in [6.07, 6.45) is 0.159. The van der Waals surface area contributed by atoms with Crippen LogP contribution in [0.5, 0.6) is 0 Å². The minimum Gasteiger partial charge on any atom is -0.373 e. The van der Waals surface area contributed by atoms with Crippen LogP contribution in [0.4, 0.5) is 10.1 Å². The van der Waals surface area contributed by atoms with E-state index in [1.807, 2.05) is 6.07 Å². The summed E-state index contributed by atoms with van der Waals surface area (Å²) in [5, 5.41) is 11.0. The van der Waals surface area contributed by atoms with E-state index in [9.17, 15) is 19.1 Å². The predicted molar refractivity (Wildman–Crippen MR) is 97.7 cm³/mol. The summed E-state index contributed by atoms with van der Waals surface area (Å²) in [7, 11) is 0. The van der Waals surface area contributed by atoms with Crippen LogP contribution in [-0.4, -0.2) is 28.4 Å². The van der Waals surface area contributed by atoms with E-state index in [0.717, 1.165) is 0 Å². The van der Waals surface area contributed by atoms with Gasteiger partial charge in [0, 0.05) is 29.6 Å². The van der Waals surface area contributed by atoms with Crippen molar-refractivity contribution in [2.45, 2.75) is 37.8 Å². The molecule has 0 saturated carbocycles. The van der Waals surface area contributed by atoms with Crippen LogP contribution in [0.2, 0.25) is 5.02 Å². The highest BCUT2D eigenvalue weighted by atomic mass is 35.5. The summed E-state index contributed by atoms with van der Waals surface area (Å²) in [4.78, 5) is 26.8. The number of para-hydroxylation sites is 1. The molecule has 2 atom stereocenters. The predicted octanol–water partition coefficient (Wildman–Crippen LogP) is 3.54. The number of ketones is 1. The lowest BCUT2D eigenvalue weighted by atomic mass is 9.91. The maximum atomic E-state index is 13.4. The van der Waals surface area contributed by atoms with E-state index in [4.69, 9.17) is 11.6 Å². The van der Waals surface area contributed by atoms with Crippen LogP contribution < -0.4 is 4.90 Å². The monoisotopic (exact) mass is 375 g/mol. The standard InChI is InChI=1S/C20H19ClFNO3/c1-13-12-20(26,19(25)23(13)17-5-3-2-4-6-17)18(24)8-7-14-9-15(21)11-16(22)10-14/h2-6,9-11,13,26H,7-8,12H2,1H3. The van der Waals surface area contributed by atoms with Crippen LogP contribution in [0, 0.1) is 5.82 Å². The Hall–Kier alpha value is -2.24. The van der Waals surface area contributed by atoms with E-state index >= 15 is 0 Å². The molecule has 0 bridgehead atoms. The van der Waals surface area contributed by atoms with E-state index < -0.39 is 23.1 Å². The number of carbonyl (C=O) groups is 2. The average Bonchev–Trinajstić information content (AvgIpc) is 2.82. The van der Waals surface area contributed by atoms with Crippen molar-refractivity contribution in [2.75, 3.05) is 4.90 Å². The Bertz CT molecular complexity index is 822. The Kier molecular flexibility index (Phi) is 5.12. The fourth-order valence-electron chi connectivity index (χ4n) is 3.42. The molecule has 0 aromatic heterocycles. The van der Waals surface area contributed by atoms with Gasteiger partial charge in [0.05, 0.1) is 0 Å². The van der Waals surface area contributed by atoms with Crippen molar-refractivity contribution in [3.05, 3.63) is 64.9 Å². The zero-order chi connectivity index (χ0) is 18.9. The van der Waals surface area contributed by atoms with Gasteiger partial charge in [0.1, 0.15) is 5.82 Å². The lowest BCUT2D eigenvalue weighted by Gasteiger charge is -2.23. The van der Waals surface area contributed by atoms with Crippen LogP contribution in [-0.2, 0) is 16.0 Å². The number of amides is 1. The smallest absolute Gasteiger partial charge is 0.267 e. The highest BCUT2D eigenvalue weighted by molar-refractivity contribution is 6.30. The molecule has 0 spiro atoms. The number of anilines is 1. The number of nitrogens with zero attached hydrogens (tertiary/aromatic N) is 1. The molecule has 2 aromatic carbocycles. The van der Waals surface area contributed by atoms with Gasteiger partial charge in [-0.1, -0.05) is 29.8 Å². The number of Topliss-reactive ketones (excluding diaryl/α,β-unsaturated/α-hetero) is 1. The molecule has 1 aliphatic rings. The first-order chi connectivity index (χ1) is 12.3. The lowest BCUT2D eigenvalue weighted by Crippen LogP contribution is -2.47. The van der Waals surface area contributed by atoms with Gasteiger partial charge >= 0.3 is 0 Å². The molecular formula is C20H19ClFNO3. The van der Waals surface area contributed by atoms with Gasteiger partial charge < -0.3 is 10.0 Å². The molecule has 0 radical (unpaired) electrons. The molecular weight excluding hydrogens is 357 g/mol. The van der Waals surface area contributed by atoms with Crippen LogP contribution in [0.25, 0.3) is 0 Å². The maximum absolute atomic E-state index is 13.4. The van der Waals surface area contributed by atoms with Crippen molar-refractivity contribution in [2.24, 2.45) is 0 Å². The molecule has 1 saturated heterocycles. The first-order valence-electron chi connectivity index (χ1n) is 8.40. The Morgan fingerprint density at radius 1 is 1.31 bits per heavy atom. The van der Waals surface area contributed by atoms with E-state index in [-0.39, 0.29) is 30.3 Å². The van der Waals surface area contributed by atoms with Gasteiger partial charge in [-0.05, 0) is 49.2 Å². The number of aliphatic hydroxyl groups is 1. The first-order valence-corrected chi connectivity index (χ1v) is 8.78. The van der Waals surface area contributed by atoms with Gasteiger partial charge in [0.2, 0.25) is 5.60 Å². The zero-order valence-electron chi connectivity index (χ0n) is 14.3. The number of aryl methyl sites for hydroxylation is 1. The van der Waals surface area contributed by atoms with Gasteiger partial charge in [0.25, 0.3) is 5.91 Å². The summed E-state index contributed by atoms with van der Waals surface area (Å²) in [6, 6.07) is 12.7. The van der Waals surface area contributed by atoms with Crippen LogP contribution in [0.1, 0.15) is 25.3 Å². The number of benzene rings is 2. The normalized spacial score (nSPS) is 22.7. The highest BCUT2D eigenvalue weighted by Gasteiger charge is 2.54. The van der Waals surface area contributed by atoms with Crippen molar-refractivity contribution in [1.82, 2.24) is 0 Å². The van der Waals surface area contributed by atoms with Crippen molar-refractivity contribution in [3.8, 4) is 0 Å². The topological polar surface area (TPSA) is 57.6 Å². The summed E-state index contributed by atoms with van der Waals surface area (Å²) in [5.74, 6) is -1.66. The van der Waals surface area contributed by atoms with E-state index in [0.29, 0.717) is 11.3 Å². The Morgan fingerprint density at radius 2 is 2.00 bits per heavy atom. The van der Waals surface area contributed by atoms with Crippen LogP contribution in [0.3, 0.4) is 0 Å². The largest absolute Gasteiger partial charge is 0.373 e. The van der Waals surface area contributed by atoms with Gasteiger partial charge in [-0.3, -0.25) is 9.59 Å². The molecule has 1 amide bonds. The van der Waals surface area contributed by atoms with Crippen molar-refractivity contribution >= 4 is 29.0 Å². The van der Waals surface area contributed by atoms with E-state index in [1.54, 1.807) is 37.3 Å². The minimum atomic E-state index is -2.05. The molecule has 2 aromatic rings. The number of hydrogen-bond donors (Lipinski definition) is 1. The third-order valence-corrected chi connectivity index (χ3v) is 4.88. The third-order valence-electron chi connectivity index (χ3n) is 4.66. The SMILES string of the molecule is CC1CC(O)(C(=O)CCc2cc(F)cc(Cl)c2)C(=O)N1c1ccccc1. The van der Waals surface area contributed by atoms with Gasteiger partial charge in [0.15, 0.2) is 5.78 Å². The fourth-order valence-corrected chi connectivity index (χ4v) is 3.66. The second-order valence-corrected chi connectivity index (χ2v) is 7.06. The van der Waals surface area contributed by atoms with Gasteiger partial charge in [-0.2, -0.15) is 0 Å². The second kappa shape index (κ2) is 7.17. The Balaban J connectivity index is 1.75. The number of carbonyl (C=O) groups excluding carboxylic acids is 2. The molecule has 0 aliphatic carbocycles. The van der Waals surface area contributed by atoms with E-state index in [2.05, 4.69) is 0 Å². The van der Waals surface area contributed by atoms with Crippen molar-refractivity contribution < 1.29 is 19.1 Å². The molecule has 6 heteroatoms. The quantitative estimate of drug-likeness (QED) is 0.813. The maximum Gasteiger partial charge on any atom is 0.267 e. The van der Waals surface area contributed by atoms with Gasteiger partial charge in [-0.15, -0.1) is 0 Å². The summed E-state index contributed by atoms with van der Waals surface area (Å²) in [6.45, 7) is 1.79. The molecule has 2 unspecified atom stereocenters. The van der Waals surface area contributed by atoms with Crippen LogP contribution >= 0.6 is 11.6 Å². The molecule has 3 rings (SSSR count). The number of hydrogen-bond acceptors (Lipinski definition) is 3.